The van der Waals surface area contributed by atoms with Crippen molar-refractivity contribution in [2.45, 2.75) is 13.0 Å². The molecule has 104 valence electrons. The van der Waals surface area contributed by atoms with E-state index in [1.807, 2.05) is 12.1 Å². The molecule has 0 aromatic heterocycles. The van der Waals surface area contributed by atoms with E-state index in [1.165, 1.54) is 0 Å². The Morgan fingerprint density at radius 1 is 1.21 bits per heavy atom. The van der Waals surface area contributed by atoms with Crippen LogP contribution in [0.5, 0.6) is 5.75 Å². The highest BCUT2D eigenvalue weighted by molar-refractivity contribution is 5.79. The van der Waals surface area contributed by atoms with Crippen LogP contribution >= 0.6 is 0 Å². The van der Waals surface area contributed by atoms with E-state index in [9.17, 15) is 9.59 Å². The molecule has 1 aromatic rings. The molecule has 0 spiro atoms. The van der Waals surface area contributed by atoms with Crippen LogP contribution in [0.3, 0.4) is 0 Å². The number of carbonyl (C=O) groups is 2. The largest absolute Gasteiger partial charge is 0.484 e. The second-order valence-corrected chi connectivity index (χ2v) is 3.91. The highest BCUT2D eigenvalue weighted by Gasteiger charge is 2.04. The lowest BCUT2D eigenvalue weighted by atomic mass is 10.2. The zero-order chi connectivity index (χ0) is 14.1. The van der Waals surface area contributed by atoms with Crippen LogP contribution in [-0.2, 0) is 16.1 Å². The highest BCUT2D eigenvalue weighted by atomic mass is 16.5. The van der Waals surface area contributed by atoms with Crippen LogP contribution in [0, 0.1) is 0 Å². The lowest BCUT2D eigenvalue weighted by Gasteiger charge is -2.07. The number of hydrogen-bond acceptors (Lipinski definition) is 4. The van der Waals surface area contributed by atoms with E-state index in [4.69, 9.17) is 10.5 Å². The third-order valence-corrected chi connectivity index (χ3v) is 2.48. The maximum absolute atomic E-state index is 11.4. The lowest BCUT2D eigenvalue weighted by Crippen LogP contribution is -2.32. The fourth-order valence-corrected chi connectivity index (χ4v) is 1.36. The first-order chi connectivity index (χ1) is 9.15. The van der Waals surface area contributed by atoms with Crippen molar-refractivity contribution < 1.29 is 14.3 Å². The molecule has 0 aliphatic carbocycles. The van der Waals surface area contributed by atoms with Crippen molar-refractivity contribution in [2.24, 2.45) is 5.73 Å². The van der Waals surface area contributed by atoms with E-state index >= 15 is 0 Å². The van der Waals surface area contributed by atoms with E-state index < -0.39 is 0 Å². The molecule has 19 heavy (non-hydrogen) atoms. The summed E-state index contributed by atoms with van der Waals surface area (Å²) < 4.78 is 5.30. The summed E-state index contributed by atoms with van der Waals surface area (Å²) >= 11 is 0. The van der Waals surface area contributed by atoms with E-state index in [1.54, 1.807) is 19.2 Å². The van der Waals surface area contributed by atoms with Crippen molar-refractivity contribution in [1.29, 1.82) is 0 Å². The second-order valence-electron chi connectivity index (χ2n) is 3.91. The van der Waals surface area contributed by atoms with Crippen LogP contribution in [0.4, 0.5) is 0 Å². The zero-order valence-electron chi connectivity index (χ0n) is 10.9. The van der Waals surface area contributed by atoms with Gasteiger partial charge in [-0.1, -0.05) is 12.1 Å². The maximum atomic E-state index is 11.4. The van der Waals surface area contributed by atoms with Gasteiger partial charge in [0, 0.05) is 26.6 Å². The minimum atomic E-state index is -0.258. The summed E-state index contributed by atoms with van der Waals surface area (Å²) in [5, 5.41) is 5.07. The molecule has 0 unspecified atom stereocenters. The van der Waals surface area contributed by atoms with Gasteiger partial charge in [-0.25, -0.2) is 0 Å². The summed E-state index contributed by atoms with van der Waals surface area (Å²) in [7, 11) is 1.55. The third-order valence-electron chi connectivity index (χ3n) is 2.48. The minimum Gasteiger partial charge on any atom is -0.484 e. The Morgan fingerprint density at radius 2 is 1.89 bits per heavy atom. The van der Waals surface area contributed by atoms with E-state index in [-0.39, 0.29) is 24.8 Å². The Hall–Kier alpha value is -2.08. The Balaban J connectivity index is 2.23. The molecule has 1 aromatic carbocycles. The van der Waals surface area contributed by atoms with Crippen molar-refractivity contribution in [3.8, 4) is 5.75 Å². The molecule has 1 rings (SSSR count). The monoisotopic (exact) mass is 265 g/mol. The first kappa shape index (κ1) is 15.0. The van der Waals surface area contributed by atoms with Gasteiger partial charge in [0.1, 0.15) is 5.75 Å². The summed E-state index contributed by atoms with van der Waals surface area (Å²) in [6, 6.07) is 7.22. The van der Waals surface area contributed by atoms with Gasteiger partial charge in [0.25, 0.3) is 5.91 Å². The maximum Gasteiger partial charge on any atom is 0.257 e. The number of hydrogen-bond donors (Lipinski definition) is 3. The van der Waals surface area contributed by atoms with Gasteiger partial charge >= 0.3 is 0 Å². The number of benzene rings is 1. The fourth-order valence-electron chi connectivity index (χ4n) is 1.36. The van der Waals surface area contributed by atoms with Crippen LogP contribution in [-0.4, -0.2) is 32.0 Å². The van der Waals surface area contributed by atoms with Gasteiger partial charge in [0.2, 0.25) is 5.91 Å². The van der Waals surface area contributed by atoms with E-state index in [2.05, 4.69) is 10.6 Å². The summed E-state index contributed by atoms with van der Waals surface area (Å²) in [4.78, 5) is 22.4. The number of nitrogens with one attached hydrogen (secondary N) is 2. The van der Waals surface area contributed by atoms with Crippen molar-refractivity contribution in [2.75, 3.05) is 20.2 Å². The normalized spacial score (nSPS) is 9.79. The fraction of sp³-hybridized carbons (Fsp3) is 0.385. The highest BCUT2D eigenvalue weighted by Crippen LogP contribution is 2.11. The van der Waals surface area contributed by atoms with Crippen LogP contribution in [0.2, 0.25) is 0 Å². The molecule has 6 nitrogen and oxygen atoms in total. The van der Waals surface area contributed by atoms with Gasteiger partial charge in [0.05, 0.1) is 0 Å². The molecular formula is C13H19N3O3. The average molecular weight is 265 g/mol. The molecule has 0 heterocycles. The molecule has 6 heteroatoms. The average Bonchev–Trinajstić information content (AvgIpc) is 2.45. The van der Waals surface area contributed by atoms with Crippen molar-refractivity contribution in [3.63, 3.8) is 0 Å². The van der Waals surface area contributed by atoms with Crippen LogP contribution < -0.4 is 21.1 Å². The molecule has 0 aliphatic heterocycles. The van der Waals surface area contributed by atoms with Gasteiger partial charge in [0.15, 0.2) is 6.61 Å². The Labute approximate surface area is 112 Å². The Morgan fingerprint density at radius 3 is 2.47 bits per heavy atom. The lowest BCUT2D eigenvalue weighted by molar-refractivity contribution is -0.123. The predicted molar refractivity (Wildman–Crippen MR) is 71.5 cm³/mol. The van der Waals surface area contributed by atoms with Crippen LogP contribution in [0.25, 0.3) is 0 Å². The minimum absolute atomic E-state index is 0.0737. The van der Waals surface area contributed by atoms with Gasteiger partial charge < -0.3 is 21.1 Å². The topological polar surface area (TPSA) is 93.5 Å². The number of rotatable bonds is 7. The molecular weight excluding hydrogens is 246 g/mol. The Bertz CT molecular complexity index is 418. The molecule has 0 bridgehead atoms. The van der Waals surface area contributed by atoms with E-state index in [0.717, 1.165) is 5.56 Å². The number of carbonyl (C=O) groups excluding carboxylic acids is 2. The molecule has 0 radical (unpaired) electrons. The van der Waals surface area contributed by atoms with Crippen molar-refractivity contribution in [3.05, 3.63) is 29.8 Å². The summed E-state index contributed by atoms with van der Waals surface area (Å²) in [5.41, 5.74) is 6.48. The molecule has 0 atom stereocenters. The first-order valence-corrected chi connectivity index (χ1v) is 6.04. The number of ether oxygens (including phenoxy) is 1. The van der Waals surface area contributed by atoms with Gasteiger partial charge in [-0.05, 0) is 17.7 Å². The first-order valence-electron chi connectivity index (χ1n) is 6.04. The molecule has 0 saturated heterocycles. The predicted octanol–water partition coefficient (Wildman–Crippen LogP) is -0.224. The second kappa shape index (κ2) is 8.10. The molecule has 0 fully saturated rings. The number of nitrogens with two attached hydrogens (primary N) is 1. The summed E-state index contributed by atoms with van der Waals surface area (Å²) in [6.07, 6.45) is 0.257. The summed E-state index contributed by atoms with van der Waals surface area (Å²) in [6.45, 7) is 0.698. The van der Waals surface area contributed by atoms with Gasteiger partial charge in [-0.3, -0.25) is 9.59 Å². The van der Waals surface area contributed by atoms with Gasteiger partial charge in [-0.15, -0.1) is 0 Å². The number of amides is 2. The standard InChI is InChI=1S/C13H19N3O3/c1-15-12(17)6-7-16-13(18)9-19-11-4-2-10(8-14)3-5-11/h2-5H,6-9,14H2,1H3,(H,15,17)(H,16,18). The molecule has 0 aliphatic rings. The van der Waals surface area contributed by atoms with Gasteiger partial charge in [-0.2, -0.15) is 0 Å². The molecule has 4 N–H and O–H groups in total. The Kier molecular flexibility index (Phi) is 6.38. The van der Waals surface area contributed by atoms with Crippen molar-refractivity contribution >= 4 is 11.8 Å². The summed E-state index contributed by atoms with van der Waals surface area (Å²) in [5.74, 6) is 0.240. The molecule has 0 saturated carbocycles. The van der Waals surface area contributed by atoms with Crippen LogP contribution in [0.15, 0.2) is 24.3 Å². The van der Waals surface area contributed by atoms with Crippen LogP contribution in [0.1, 0.15) is 12.0 Å². The SMILES string of the molecule is CNC(=O)CCNC(=O)COc1ccc(CN)cc1. The zero-order valence-corrected chi connectivity index (χ0v) is 10.9. The van der Waals surface area contributed by atoms with Crippen molar-refractivity contribution in [1.82, 2.24) is 10.6 Å². The van der Waals surface area contributed by atoms with E-state index in [0.29, 0.717) is 18.8 Å². The molecule has 2 amide bonds. The quantitative estimate of drug-likeness (QED) is 0.635. The third kappa shape index (κ3) is 5.87. The smallest absolute Gasteiger partial charge is 0.257 e.